The fourth-order valence-corrected chi connectivity index (χ4v) is 2.52. The first kappa shape index (κ1) is 13.3. The number of hydrogen-bond acceptors (Lipinski definition) is 1. The zero-order valence-electron chi connectivity index (χ0n) is 10.8. The van der Waals surface area contributed by atoms with Crippen LogP contribution >= 0.6 is 15.9 Å². The minimum Gasteiger partial charge on any atom is -0.326 e. The maximum absolute atomic E-state index is 12.1. The third-order valence-electron chi connectivity index (χ3n) is 3.34. The molecule has 2 rings (SSSR count). The Hall–Kier alpha value is -1.09. The smallest absolute Gasteiger partial charge is 0.227 e. The molecule has 0 bridgehead atoms. The van der Waals surface area contributed by atoms with Crippen molar-refractivity contribution in [3.8, 4) is 0 Å². The molecule has 0 saturated carbocycles. The number of halogens is 1. The van der Waals surface area contributed by atoms with Gasteiger partial charge in [0.15, 0.2) is 0 Å². The SMILES string of the molecule is Cc1cc(NC(=O)C2CC=CCC2)cc(C)c1Br. The summed E-state index contributed by atoms with van der Waals surface area (Å²) in [7, 11) is 0. The Morgan fingerprint density at radius 1 is 1.28 bits per heavy atom. The molecule has 1 aliphatic rings. The van der Waals surface area contributed by atoms with Crippen molar-refractivity contribution < 1.29 is 4.79 Å². The number of aryl methyl sites for hydroxylation is 2. The Labute approximate surface area is 117 Å². The number of anilines is 1. The van der Waals surface area contributed by atoms with Gasteiger partial charge in [-0.15, -0.1) is 0 Å². The predicted octanol–water partition coefficient (Wildman–Crippen LogP) is 4.36. The fourth-order valence-electron chi connectivity index (χ4n) is 2.29. The van der Waals surface area contributed by atoms with Crippen LogP contribution in [0.15, 0.2) is 28.8 Å². The number of benzene rings is 1. The predicted molar refractivity (Wildman–Crippen MR) is 78.7 cm³/mol. The molecule has 1 aliphatic carbocycles. The first-order valence-electron chi connectivity index (χ1n) is 6.30. The van der Waals surface area contributed by atoms with E-state index in [1.807, 2.05) is 26.0 Å². The molecule has 0 saturated heterocycles. The van der Waals surface area contributed by atoms with Gasteiger partial charge in [-0.1, -0.05) is 28.1 Å². The Bertz CT molecular complexity index is 470. The number of nitrogens with one attached hydrogen (secondary N) is 1. The second-order valence-corrected chi connectivity index (χ2v) is 5.69. The Kier molecular flexibility index (Phi) is 4.23. The van der Waals surface area contributed by atoms with E-state index in [9.17, 15) is 4.79 Å². The highest BCUT2D eigenvalue weighted by Crippen LogP contribution is 2.26. The van der Waals surface area contributed by atoms with E-state index in [4.69, 9.17) is 0 Å². The van der Waals surface area contributed by atoms with Gasteiger partial charge in [0.1, 0.15) is 0 Å². The van der Waals surface area contributed by atoms with E-state index in [0.717, 1.165) is 40.5 Å². The average Bonchev–Trinajstić information content (AvgIpc) is 2.37. The highest BCUT2D eigenvalue weighted by molar-refractivity contribution is 9.10. The van der Waals surface area contributed by atoms with Crippen LogP contribution in [-0.4, -0.2) is 5.91 Å². The van der Waals surface area contributed by atoms with Gasteiger partial charge in [0.25, 0.3) is 0 Å². The van der Waals surface area contributed by atoms with Crippen LogP contribution in [0.25, 0.3) is 0 Å². The van der Waals surface area contributed by atoms with Crippen molar-refractivity contribution in [3.05, 3.63) is 39.9 Å². The van der Waals surface area contributed by atoms with E-state index in [0.29, 0.717) is 0 Å². The number of amides is 1. The van der Waals surface area contributed by atoms with Gasteiger partial charge in [-0.3, -0.25) is 4.79 Å². The maximum Gasteiger partial charge on any atom is 0.227 e. The number of hydrogen-bond donors (Lipinski definition) is 1. The third-order valence-corrected chi connectivity index (χ3v) is 4.59. The largest absolute Gasteiger partial charge is 0.326 e. The van der Waals surface area contributed by atoms with Crippen molar-refractivity contribution in [2.75, 3.05) is 5.32 Å². The monoisotopic (exact) mass is 307 g/mol. The standard InChI is InChI=1S/C15H18BrNO/c1-10-8-13(9-11(2)14(10)16)17-15(18)12-6-4-3-5-7-12/h3-4,8-9,12H,5-7H2,1-2H3,(H,17,18). The number of allylic oxidation sites excluding steroid dienone is 2. The quantitative estimate of drug-likeness (QED) is 0.808. The first-order chi connectivity index (χ1) is 8.58. The molecule has 0 radical (unpaired) electrons. The molecule has 1 aromatic carbocycles. The van der Waals surface area contributed by atoms with Crippen LogP contribution in [0.5, 0.6) is 0 Å². The summed E-state index contributed by atoms with van der Waals surface area (Å²) in [5.41, 5.74) is 3.19. The highest BCUT2D eigenvalue weighted by Gasteiger charge is 2.18. The normalized spacial score (nSPS) is 18.7. The average molecular weight is 308 g/mol. The summed E-state index contributed by atoms with van der Waals surface area (Å²) in [4.78, 5) is 12.1. The Balaban J connectivity index is 2.09. The van der Waals surface area contributed by atoms with Crippen LogP contribution in [0.1, 0.15) is 30.4 Å². The molecule has 0 aliphatic heterocycles. The van der Waals surface area contributed by atoms with Crippen molar-refractivity contribution >= 4 is 27.5 Å². The number of carbonyl (C=O) groups excluding carboxylic acids is 1. The van der Waals surface area contributed by atoms with Gasteiger partial charge >= 0.3 is 0 Å². The molecule has 96 valence electrons. The summed E-state index contributed by atoms with van der Waals surface area (Å²) in [5.74, 6) is 0.264. The van der Waals surface area contributed by atoms with Crippen molar-refractivity contribution in [1.29, 1.82) is 0 Å². The van der Waals surface area contributed by atoms with E-state index in [1.54, 1.807) is 0 Å². The Morgan fingerprint density at radius 3 is 2.50 bits per heavy atom. The summed E-state index contributed by atoms with van der Waals surface area (Å²) in [5, 5.41) is 3.03. The fraction of sp³-hybridized carbons (Fsp3) is 0.400. The van der Waals surface area contributed by atoms with Gasteiger partial charge < -0.3 is 5.32 Å². The van der Waals surface area contributed by atoms with E-state index >= 15 is 0 Å². The highest BCUT2D eigenvalue weighted by atomic mass is 79.9. The second kappa shape index (κ2) is 5.70. The van der Waals surface area contributed by atoms with E-state index in [2.05, 4.69) is 33.4 Å². The molecule has 0 fully saturated rings. The number of rotatable bonds is 2. The van der Waals surface area contributed by atoms with Gasteiger partial charge in [0, 0.05) is 16.1 Å². The topological polar surface area (TPSA) is 29.1 Å². The Morgan fingerprint density at radius 2 is 1.94 bits per heavy atom. The van der Waals surface area contributed by atoms with Crippen LogP contribution in [0.4, 0.5) is 5.69 Å². The van der Waals surface area contributed by atoms with E-state index in [1.165, 1.54) is 0 Å². The molecular formula is C15H18BrNO. The van der Waals surface area contributed by atoms with Crippen LogP contribution < -0.4 is 5.32 Å². The molecule has 0 heterocycles. The summed E-state index contributed by atoms with van der Waals surface area (Å²) >= 11 is 3.53. The molecule has 0 aromatic heterocycles. The van der Waals surface area contributed by atoms with Gasteiger partial charge in [-0.2, -0.15) is 0 Å². The molecule has 1 N–H and O–H groups in total. The molecule has 1 unspecified atom stereocenters. The lowest BCUT2D eigenvalue weighted by molar-refractivity contribution is -0.120. The van der Waals surface area contributed by atoms with E-state index < -0.39 is 0 Å². The van der Waals surface area contributed by atoms with Gasteiger partial charge in [-0.25, -0.2) is 0 Å². The molecule has 1 atom stereocenters. The summed E-state index contributed by atoms with van der Waals surface area (Å²) in [6.07, 6.45) is 7.08. The maximum atomic E-state index is 12.1. The lowest BCUT2D eigenvalue weighted by Crippen LogP contribution is -2.23. The lowest BCUT2D eigenvalue weighted by atomic mass is 9.93. The third kappa shape index (κ3) is 3.02. The van der Waals surface area contributed by atoms with E-state index in [-0.39, 0.29) is 11.8 Å². The second-order valence-electron chi connectivity index (χ2n) is 4.89. The van der Waals surface area contributed by atoms with Crippen molar-refractivity contribution in [1.82, 2.24) is 0 Å². The zero-order chi connectivity index (χ0) is 13.1. The number of carbonyl (C=O) groups is 1. The minimum absolute atomic E-state index is 0.124. The van der Waals surface area contributed by atoms with Crippen LogP contribution in [0.3, 0.4) is 0 Å². The molecule has 3 heteroatoms. The van der Waals surface area contributed by atoms with Gasteiger partial charge in [0.05, 0.1) is 0 Å². The van der Waals surface area contributed by atoms with Crippen LogP contribution in [0, 0.1) is 19.8 Å². The molecular weight excluding hydrogens is 290 g/mol. The first-order valence-corrected chi connectivity index (χ1v) is 7.10. The van der Waals surface area contributed by atoms with Gasteiger partial charge in [-0.05, 0) is 56.4 Å². The molecule has 1 amide bonds. The van der Waals surface area contributed by atoms with Crippen LogP contribution in [0.2, 0.25) is 0 Å². The van der Waals surface area contributed by atoms with Crippen molar-refractivity contribution in [3.63, 3.8) is 0 Å². The van der Waals surface area contributed by atoms with Crippen LogP contribution in [-0.2, 0) is 4.79 Å². The lowest BCUT2D eigenvalue weighted by Gasteiger charge is -2.18. The molecule has 1 aromatic rings. The summed E-state index contributed by atoms with van der Waals surface area (Å²) in [6.45, 7) is 4.08. The minimum atomic E-state index is 0.124. The molecule has 0 spiro atoms. The zero-order valence-corrected chi connectivity index (χ0v) is 12.4. The molecule has 2 nitrogen and oxygen atoms in total. The van der Waals surface area contributed by atoms with Gasteiger partial charge in [0.2, 0.25) is 5.91 Å². The van der Waals surface area contributed by atoms with Crippen molar-refractivity contribution in [2.24, 2.45) is 5.92 Å². The summed E-state index contributed by atoms with van der Waals surface area (Å²) < 4.78 is 1.11. The van der Waals surface area contributed by atoms with Crippen molar-refractivity contribution in [2.45, 2.75) is 33.1 Å². The summed E-state index contributed by atoms with van der Waals surface area (Å²) in [6, 6.07) is 4.02. The molecule has 18 heavy (non-hydrogen) atoms.